The number of nitrogens with one attached hydrogen (secondary N) is 2. The van der Waals surface area contributed by atoms with E-state index in [4.69, 9.17) is 0 Å². The molecule has 2 heterocycles. The van der Waals surface area contributed by atoms with Gasteiger partial charge >= 0.3 is 0 Å². The first kappa shape index (κ1) is 16.4. The Bertz CT molecular complexity index is 602. The lowest BCUT2D eigenvalue weighted by molar-refractivity contribution is 0.694. The lowest BCUT2D eigenvalue weighted by Crippen LogP contribution is -2.36. The molecule has 2 rings (SSSR count). The Hall–Kier alpha value is -1.96. The van der Waals surface area contributed by atoms with Crippen LogP contribution in [0.1, 0.15) is 36.5 Å². The second-order valence-corrected chi connectivity index (χ2v) is 5.86. The third-order valence-electron chi connectivity index (χ3n) is 3.12. The van der Waals surface area contributed by atoms with Crippen LogP contribution in [-0.2, 0) is 26.1 Å². The Kier molecular flexibility index (Phi) is 6.32. The Balaban J connectivity index is 1.95. The molecule has 0 saturated heterocycles. The highest BCUT2D eigenvalue weighted by molar-refractivity contribution is 7.11. The summed E-state index contributed by atoms with van der Waals surface area (Å²) in [7, 11) is 0. The number of thiazole rings is 1. The number of guanidine groups is 1. The predicted octanol–water partition coefficient (Wildman–Crippen LogP) is 1.57. The van der Waals surface area contributed by atoms with Crippen LogP contribution in [0.2, 0.25) is 0 Å². The van der Waals surface area contributed by atoms with Crippen LogP contribution in [0.25, 0.3) is 0 Å². The van der Waals surface area contributed by atoms with Crippen molar-refractivity contribution in [2.75, 3.05) is 6.54 Å². The molecule has 0 unspecified atom stereocenters. The monoisotopic (exact) mass is 321 g/mol. The topological polar surface area (TPSA) is 80.0 Å². The largest absolute Gasteiger partial charge is 0.357 e. The van der Waals surface area contributed by atoms with Crippen molar-refractivity contribution in [2.45, 2.75) is 46.8 Å². The molecule has 0 aliphatic carbocycles. The first-order chi connectivity index (χ1) is 10.8. The molecule has 0 saturated carbocycles. The lowest BCUT2D eigenvalue weighted by atomic mass is 10.4. The molecule has 0 aliphatic rings. The van der Waals surface area contributed by atoms with Gasteiger partial charge in [0.05, 0.1) is 6.54 Å². The van der Waals surface area contributed by atoms with Crippen LogP contribution in [0, 0.1) is 0 Å². The molecule has 2 N–H and O–H groups in total. The smallest absolute Gasteiger partial charge is 0.192 e. The summed E-state index contributed by atoms with van der Waals surface area (Å²) in [6, 6.07) is 0. The normalized spacial score (nSPS) is 11.7. The number of aromatic nitrogens is 4. The fourth-order valence-electron chi connectivity index (χ4n) is 1.91. The summed E-state index contributed by atoms with van der Waals surface area (Å²) in [6.45, 7) is 9.08. The summed E-state index contributed by atoms with van der Waals surface area (Å²) in [4.78, 5) is 10.3. The predicted molar refractivity (Wildman–Crippen MR) is 88.8 cm³/mol. The summed E-state index contributed by atoms with van der Waals surface area (Å²) in [5.74, 6) is 1.63. The van der Waals surface area contributed by atoms with E-state index < -0.39 is 0 Å². The van der Waals surface area contributed by atoms with Crippen molar-refractivity contribution in [1.82, 2.24) is 30.4 Å². The molecule has 0 bridgehead atoms. The van der Waals surface area contributed by atoms with Crippen molar-refractivity contribution in [2.24, 2.45) is 4.99 Å². The molecule has 0 aliphatic heterocycles. The van der Waals surface area contributed by atoms with Crippen molar-refractivity contribution < 1.29 is 0 Å². The fourth-order valence-corrected chi connectivity index (χ4v) is 2.71. The molecule has 22 heavy (non-hydrogen) atoms. The average molecular weight is 321 g/mol. The zero-order chi connectivity index (χ0) is 15.8. The maximum atomic E-state index is 4.55. The molecular formula is C14H23N7S. The van der Waals surface area contributed by atoms with E-state index in [-0.39, 0.29) is 0 Å². The van der Waals surface area contributed by atoms with Crippen LogP contribution >= 0.6 is 11.3 Å². The Morgan fingerprint density at radius 1 is 1.32 bits per heavy atom. The quantitative estimate of drug-likeness (QED) is 0.598. The Morgan fingerprint density at radius 3 is 2.86 bits per heavy atom. The van der Waals surface area contributed by atoms with E-state index >= 15 is 0 Å². The average Bonchev–Trinajstić information content (AvgIpc) is 3.18. The number of aliphatic imine (C=N–C) groups is 1. The molecule has 0 amide bonds. The van der Waals surface area contributed by atoms with E-state index in [0.29, 0.717) is 13.1 Å². The van der Waals surface area contributed by atoms with Gasteiger partial charge in [0, 0.05) is 24.2 Å². The van der Waals surface area contributed by atoms with E-state index in [0.717, 1.165) is 36.3 Å². The highest BCUT2D eigenvalue weighted by Gasteiger charge is 2.05. The number of hydrogen-bond acceptors (Lipinski definition) is 5. The zero-order valence-corrected chi connectivity index (χ0v) is 14.2. The van der Waals surface area contributed by atoms with Crippen LogP contribution in [0.5, 0.6) is 0 Å². The van der Waals surface area contributed by atoms with E-state index in [1.165, 1.54) is 4.88 Å². The number of nitrogens with zero attached hydrogens (tertiary/aromatic N) is 5. The van der Waals surface area contributed by atoms with Gasteiger partial charge in [0.2, 0.25) is 0 Å². The number of rotatable bonds is 7. The molecule has 2 aromatic rings. The number of hydrogen-bond donors (Lipinski definition) is 2. The molecule has 0 fully saturated rings. The highest BCUT2D eigenvalue weighted by Crippen LogP contribution is 2.12. The minimum Gasteiger partial charge on any atom is -0.357 e. The van der Waals surface area contributed by atoms with Gasteiger partial charge in [0.25, 0.3) is 0 Å². The van der Waals surface area contributed by atoms with Crippen LogP contribution in [0.15, 0.2) is 17.5 Å². The third kappa shape index (κ3) is 4.52. The van der Waals surface area contributed by atoms with Gasteiger partial charge in [-0.15, -0.1) is 21.5 Å². The first-order valence-corrected chi connectivity index (χ1v) is 8.40. The molecule has 7 nitrogen and oxygen atoms in total. The van der Waals surface area contributed by atoms with E-state index in [9.17, 15) is 0 Å². The number of aryl methyl sites for hydroxylation is 2. The lowest BCUT2D eigenvalue weighted by Gasteiger charge is -2.10. The van der Waals surface area contributed by atoms with Crippen molar-refractivity contribution >= 4 is 17.3 Å². The summed E-state index contributed by atoms with van der Waals surface area (Å²) < 4.78 is 1.99. The van der Waals surface area contributed by atoms with E-state index in [1.807, 2.05) is 17.7 Å². The summed E-state index contributed by atoms with van der Waals surface area (Å²) in [5, 5.41) is 15.6. The van der Waals surface area contributed by atoms with Crippen molar-refractivity contribution in [3.8, 4) is 0 Å². The Morgan fingerprint density at radius 2 is 2.18 bits per heavy atom. The first-order valence-electron chi connectivity index (χ1n) is 7.59. The Labute approximate surface area is 134 Å². The summed E-state index contributed by atoms with van der Waals surface area (Å²) in [5.41, 5.74) is 0. The van der Waals surface area contributed by atoms with Crippen LogP contribution in [0.4, 0.5) is 0 Å². The van der Waals surface area contributed by atoms with Crippen molar-refractivity contribution in [3.05, 3.63) is 28.2 Å². The molecule has 0 atom stereocenters. The second kappa shape index (κ2) is 8.47. The highest BCUT2D eigenvalue weighted by atomic mass is 32.1. The summed E-state index contributed by atoms with van der Waals surface area (Å²) in [6.07, 6.45) is 4.70. The molecular weight excluding hydrogens is 298 g/mol. The van der Waals surface area contributed by atoms with Crippen LogP contribution < -0.4 is 10.6 Å². The SMILES string of the molecule is CCNC(=NCc1nncn1CC)NCc1ncc(CC)s1. The van der Waals surface area contributed by atoms with Gasteiger partial charge in [-0.1, -0.05) is 6.92 Å². The van der Waals surface area contributed by atoms with Crippen molar-refractivity contribution in [1.29, 1.82) is 0 Å². The van der Waals surface area contributed by atoms with Crippen LogP contribution in [0.3, 0.4) is 0 Å². The van der Waals surface area contributed by atoms with Gasteiger partial charge in [0.15, 0.2) is 11.8 Å². The standard InChI is InChI=1S/C14H23N7S/c1-4-11-7-16-13(22-11)9-18-14(15-5-2)17-8-12-20-19-10-21(12)6-3/h7,10H,4-6,8-9H2,1-3H3,(H2,15,17,18). The second-order valence-electron chi connectivity index (χ2n) is 4.66. The van der Waals surface area contributed by atoms with E-state index in [1.54, 1.807) is 17.7 Å². The van der Waals surface area contributed by atoms with Gasteiger partial charge in [0.1, 0.15) is 17.9 Å². The van der Waals surface area contributed by atoms with Gasteiger partial charge in [-0.2, -0.15) is 0 Å². The minimum absolute atomic E-state index is 0.501. The molecule has 2 aromatic heterocycles. The molecule has 0 radical (unpaired) electrons. The zero-order valence-electron chi connectivity index (χ0n) is 13.3. The molecule has 8 heteroatoms. The third-order valence-corrected chi connectivity index (χ3v) is 4.26. The van der Waals surface area contributed by atoms with Gasteiger partial charge < -0.3 is 15.2 Å². The van der Waals surface area contributed by atoms with Gasteiger partial charge in [-0.05, 0) is 20.3 Å². The van der Waals surface area contributed by atoms with Crippen LogP contribution in [-0.4, -0.2) is 32.3 Å². The summed E-state index contributed by atoms with van der Waals surface area (Å²) >= 11 is 1.73. The molecule has 120 valence electrons. The van der Waals surface area contributed by atoms with Gasteiger partial charge in [-0.25, -0.2) is 9.98 Å². The van der Waals surface area contributed by atoms with E-state index in [2.05, 4.69) is 44.7 Å². The van der Waals surface area contributed by atoms with Gasteiger partial charge in [-0.3, -0.25) is 0 Å². The maximum Gasteiger partial charge on any atom is 0.192 e. The minimum atomic E-state index is 0.501. The molecule has 0 spiro atoms. The molecule has 0 aromatic carbocycles. The van der Waals surface area contributed by atoms with Crippen molar-refractivity contribution in [3.63, 3.8) is 0 Å². The maximum absolute atomic E-state index is 4.55. The fraction of sp³-hybridized carbons (Fsp3) is 0.571.